The zero-order valence-electron chi connectivity index (χ0n) is 18.1. The number of aromatic nitrogens is 4. The Labute approximate surface area is 183 Å². The number of benzene rings is 1. The van der Waals surface area contributed by atoms with Gasteiger partial charge in [0, 0.05) is 24.5 Å². The number of amides is 1. The lowest BCUT2D eigenvalue weighted by atomic mass is 9.82. The monoisotopic (exact) mass is 443 g/mol. The zero-order valence-corrected chi connectivity index (χ0v) is 18.1. The molecule has 0 unspecified atom stereocenters. The Morgan fingerprint density at radius 2 is 1.94 bits per heavy atom. The van der Waals surface area contributed by atoms with E-state index in [4.69, 9.17) is 0 Å². The minimum atomic E-state index is -4.36. The highest BCUT2D eigenvalue weighted by Gasteiger charge is 2.52. The van der Waals surface area contributed by atoms with Crippen molar-refractivity contribution in [2.24, 2.45) is 11.3 Å². The van der Waals surface area contributed by atoms with Crippen LogP contribution in [0.4, 0.5) is 13.2 Å². The van der Waals surface area contributed by atoms with Gasteiger partial charge in [-0.2, -0.15) is 18.2 Å². The Kier molecular flexibility index (Phi) is 4.58. The molecule has 0 radical (unpaired) electrons. The number of nitrogens with zero attached hydrogens (tertiary/aromatic N) is 5. The number of carbonyl (C=O) groups is 1. The van der Waals surface area contributed by atoms with Crippen molar-refractivity contribution in [2.75, 3.05) is 13.1 Å². The average Bonchev–Trinajstić information content (AvgIpc) is 3.36. The molecule has 0 spiro atoms. The highest BCUT2D eigenvalue weighted by molar-refractivity contribution is 5.91. The summed E-state index contributed by atoms with van der Waals surface area (Å²) in [6.45, 7) is 6.81. The molecule has 6 nitrogen and oxygen atoms in total. The predicted molar refractivity (Wildman–Crippen MR) is 111 cm³/mol. The first kappa shape index (κ1) is 20.9. The number of likely N-dealkylation sites (tertiary alicyclic amines) is 1. The van der Waals surface area contributed by atoms with Crippen LogP contribution in [0.5, 0.6) is 0 Å². The van der Waals surface area contributed by atoms with E-state index in [1.165, 1.54) is 6.07 Å². The Morgan fingerprint density at radius 3 is 2.66 bits per heavy atom. The quantitative estimate of drug-likeness (QED) is 0.588. The first-order chi connectivity index (χ1) is 15.0. The number of alkyl halides is 3. The fourth-order valence-electron chi connectivity index (χ4n) is 5.60. The van der Waals surface area contributed by atoms with Gasteiger partial charge in [-0.25, -0.2) is 9.50 Å². The molecule has 3 heterocycles. The van der Waals surface area contributed by atoms with Gasteiger partial charge in [0.25, 0.3) is 11.7 Å². The molecule has 1 saturated carbocycles. The van der Waals surface area contributed by atoms with E-state index in [1.54, 1.807) is 21.5 Å². The third-order valence-corrected chi connectivity index (χ3v) is 7.06. The Balaban J connectivity index is 1.36. The molecule has 2 aliphatic rings. The van der Waals surface area contributed by atoms with Crippen LogP contribution < -0.4 is 0 Å². The minimum absolute atomic E-state index is 0.105. The smallest absolute Gasteiger partial charge is 0.335 e. The van der Waals surface area contributed by atoms with Crippen molar-refractivity contribution >= 4 is 11.7 Å². The lowest BCUT2D eigenvalue weighted by molar-refractivity contribution is -0.138. The van der Waals surface area contributed by atoms with Gasteiger partial charge >= 0.3 is 6.18 Å². The second-order valence-corrected chi connectivity index (χ2v) is 9.44. The van der Waals surface area contributed by atoms with Crippen LogP contribution in [0.25, 0.3) is 5.78 Å². The van der Waals surface area contributed by atoms with Crippen LogP contribution in [0.1, 0.15) is 58.8 Å². The molecule has 1 aromatic carbocycles. The fourth-order valence-corrected chi connectivity index (χ4v) is 5.60. The SMILES string of the molecule is Cc1cc(C)n2nc(C(=O)N3C[C@@H]4C[C@H](c5ccccc5C(F)(F)F)C[C@]4(C)C3)nc2n1. The summed E-state index contributed by atoms with van der Waals surface area (Å²) in [7, 11) is 0. The summed E-state index contributed by atoms with van der Waals surface area (Å²) in [5, 5.41) is 4.34. The highest BCUT2D eigenvalue weighted by Crippen LogP contribution is 2.55. The summed E-state index contributed by atoms with van der Waals surface area (Å²) in [5.41, 5.74) is 1.23. The van der Waals surface area contributed by atoms with E-state index < -0.39 is 11.7 Å². The maximum Gasteiger partial charge on any atom is 0.416 e. The van der Waals surface area contributed by atoms with Gasteiger partial charge in [-0.15, -0.1) is 5.10 Å². The summed E-state index contributed by atoms with van der Waals surface area (Å²) in [4.78, 5) is 23.5. The van der Waals surface area contributed by atoms with E-state index in [2.05, 4.69) is 22.0 Å². The molecule has 1 aliphatic carbocycles. The molecular formula is C23H24F3N5O. The van der Waals surface area contributed by atoms with Crippen molar-refractivity contribution in [3.05, 3.63) is 58.7 Å². The molecule has 3 aromatic rings. The first-order valence-electron chi connectivity index (χ1n) is 10.7. The van der Waals surface area contributed by atoms with Crippen LogP contribution in [0, 0.1) is 25.2 Å². The van der Waals surface area contributed by atoms with E-state index in [-0.39, 0.29) is 29.0 Å². The van der Waals surface area contributed by atoms with E-state index >= 15 is 0 Å². The Hall–Kier alpha value is -2.97. The van der Waals surface area contributed by atoms with Crippen molar-refractivity contribution in [1.82, 2.24) is 24.5 Å². The van der Waals surface area contributed by atoms with E-state index in [0.717, 1.165) is 17.5 Å². The number of carbonyl (C=O) groups excluding carboxylic acids is 1. The molecule has 3 atom stereocenters. The lowest BCUT2D eigenvalue weighted by Gasteiger charge is -2.25. The fraction of sp³-hybridized carbons (Fsp3) is 0.478. The summed E-state index contributed by atoms with van der Waals surface area (Å²) in [6.07, 6.45) is -3.12. The van der Waals surface area contributed by atoms with Crippen molar-refractivity contribution in [3.63, 3.8) is 0 Å². The maximum atomic E-state index is 13.5. The van der Waals surface area contributed by atoms with Crippen LogP contribution in [-0.4, -0.2) is 43.5 Å². The number of aryl methyl sites for hydroxylation is 2. The molecule has 2 aromatic heterocycles. The van der Waals surface area contributed by atoms with E-state index in [1.807, 2.05) is 19.9 Å². The van der Waals surface area contributed by atoms with Crippen LogP contribution in [-0.2, 0) is 6.18 Å². The number of hydrogen-bond donors (Lipinski definition) is 0. The van der Waals surface area contributed by atoms with Crippen LogP contribution in [0.15, 0.2) is 30.3 Å². The van der Waals surface area contributed by atoms with Crippen molar-refractivity contribution in [3.8, 4) is 0 Å². The molecule has 1 aliphatic heterocycles. The van der Waals surface area contributed by atoms with Gasteiger partial charge in [0.1, 0.15) is 0 Å². The zero-order chi connectivity index (χ0) is 22.8. The summed E-state index contributed by atoms with van der Waals surface area (Å²) in [5.74, 6) is 0.213. The topological polar surface area (TPSA) is 63.4 Å². The van der Waals surface area contributed by atoms with E-state index in [0.29, 0.717) is 37.3 Å². The average molecular weight is 443 g/mol. The Bertz CT molecular complexity index is 1220. The second-order valence-electron chi connectivity index (χ2n) is 9.44. The van der Waals surface area contributed by atoms with Crippen LogP contribution >= 0.6 is 0 Å². The van der Waals surface area contributed by atoms with Gasteiger partial charge < -0.3 is 4.90 Å². The van der Waals surface area contributed by atoms with Crippen molar-refractivity contribution in [1.29, 1.82) is 0 Å². The molecule has 1 amide bonds. The number of hydrogen-bond acceptors (Lipinski definition) is 4. The van der Waals surface area contributed by atoms with Gasteiger partial charge in [0.05, 0.1) is 5.56 Å². The largest absolute Gasteiger partial charge is 0.416 e. The van der Waals surface area contributed by atoms with Gasteiger partial charge in [-0.3, -0.25) is 4.79 Å². The number of halogens is 3. The minimum Gasteiger partial charge on any atom is -0.335 e. The molecule has 168 valence electrons. The third kappa shape index (κ3) is 3.34. The normalized spacial score (nSPS) is 25.5. The highest BCUT2D eigenvalue weighted by atomic mass is 19.4. The molecule has 2 fully saturated rings. The summed E-state index contributed by atoms with van der Waals surface area (Å²) < 4.78 is 42.1. The second kappa shape index (κ2) is 7.02. The summed E-state index contributed by atoms with van der Waals surface area (Å²) >= 11 is 0. The van der Waals surface area contributed by atoms with Gasteiger partial charge in [0.2, 0.25) is 5.82 Å². The molecule has 0 bridgehead atoms. The molecule has 1 saturated heterocycles. The number of fused-ring (bicyclic) bond motifs is 2. The van der Waals surface area contributed by atoms with E-state index in [9.17, 15) is 18.0 Å². The van der Waals surface area contributed by atoms with Gasteiger partial charge in [-0.05, 0) is 61.6 Å². The molecule has 9 heteroatoms. The molecular weight excluding hydrogens is 419 g/mol. The molecule has 32 heavy (non-hydrogen) atoms. The number of rotatable bonds is 2. The van der Waals surface area contributed by atoms with Crippen molar-refractivity contribution in [2.45, 2.75) is 45.7 Å². The molecule has 5 rings (SSSR count). The van der Waals surface area contributed by atoms with Crippen LogP contribution in [0.2, 0.25) is 0 Å². The van der Waals surface area contributed by atoms with Gasteiger partial charge in [-0.1, -0.05) is 25.1 Å². The third-order valence-electron chi connectivity index (χ3n) is 7.06. The predicted octanol–water partition coefficient (Wildman–Crippen LogP) is 4.42. The van der Waals surface area contributed by atoms with Gasteiger partial charge in [0.15, 0.2) is 0 Å². The maximum absolute atomic E-state index is 13.5. The first-order valence-corrected chi connectivity index (χ1v) is 10.7. The molecule has 0 N–H and O–H groups in total. The summed E-state index contributed by atoms with van der Waals surface area (Å²) in [6, 6.07) is 7.73. The van der Waals surface area contributed by atoms with Crippen LogP contribution in [0.3, 0.4) is 0 Å². The Morgan fingerprint density at radius 1 is 1.19 bits per heavy atom. The van der Waals surface area contributed by atoms with Crippen molar-refractivity contribution < 1.29 is 18.0 Å². The lowest BCUT2D eigenvalue weighted by Crippen LogP contribution is -2.32. The standard InChI is InChI=1S/C23H24F3N5O/c1-13-8-14(2)31-21(27-13)28-19(29-31)20(32)30-11-16-9-15(10-22(16,3)12-30)17-6-4-5-7-18(17)23(24,25)26/h4-8,15-16H,9-12H2,1-3H3/t15-,16-,22+/m0/s1.